The SMILES string of the molecule is CN(c1cnc(Cl)cn1)C1CC(N)C1. The number of hydrogen-bond acceptors (Lipinski definition) is 4. The van der Waals surface area contributed by atoms with Crippen LogP contribution in [0, 0.1) is 0 Å². The Morgan fingerprint density at radius 3 is 2.64 bits per heavy atom. The first-order valence-electron chi connectivity index (χ1n) is 4.63. The molecule has 5 heteroatoms. The van der Waals surface area contributed by atoms with E-state index in [1.807, 2.05) is 7.05 Å². The molecule has 0 unspecified atom stereocenters. The molecule has 1 fully saturated rings. The van der Waals surface area contributed by atoms with E-state index in [0.29, 0.717) is 17.2 Å². The van der Waals surface area contributed by atoms with Crippen LogP contribution in [0.2, 0.25) is 5.15 Å². The number of rotatable bonds is 2. The van der Waals surface area contributed by atoms with Gasteiger partial charge >= 0.3 is 0 Å². The van der Waals surface area contributed by atoms with Gasteiger partial charge in [-0.25, -0.2) is 9.97 Å². The first kappa shape index (κ1) is 9.68. The van der Waals surface area contributed by atoms with Gasteiger partial charge in [0.05, 0.1) is 12.4 Å². The number of hydrogen-bond donors (Lipinski definition) is 1. The highest BCUT2D eigenvalue weighted by Gasteiger charge is 2.29. The lowest BCUT2D eigenvalue weighted by Gasteiger charge is -2.39. The van der Waals surface area contributed by atoms with Crippen LogP contribution in [0.5, 0.6) is 0 Å². The van der Waals surface area contributed by atoms with Crippen LogP contribution in [0.15, 0.2) is 12.4 Å². The maximum absolute atomic E-state index is 5.73. The summed E-state index contributed by atoms with van der Waals surface area (Å²) in [6, 6.07) is 0.850. The van der Waals surface area contributed by atoms with Gasteiger partial charge in [-0.3, -0.25) is 0 Å². The van der Waals surface area contributed by atoms with E-state index in [0.717, 1.165) is 18.7 Å². The number of anilines is 1. The Kier molecular flexibility index (Phi) is 2.56. The van der Waals surface area contributed by atoms with E-state index in [1.54, 1.807) is 12.4 Å². The topological polar surface area (TPSA) is 55.0 Å². The molecule has 0 aliphatic heterocycles. The molecule has 0 radical (unpaired) electrons. The first-order valence-corrected chi connectivity index (χ1v) is 5.00. The lowest BCUT2D eigenvalue weighted by molar-refractivity contribution is 0.338. The molecule has 14 heavy (non-hydrogen) atoms. The smallest absolute Gasteiger partial charge is 0.147 e. The van der Waals surface area contributed by atoms with Crippen molar-refractivity contribution in [3.63, 3.8) is 0 Å². The van der Waals surface area contributed by atoms with Crippen molar-refractivity contribution in [2.45, 2.75) is 24.9 Å². The van der Waals surface area contributed by atoms with Crippen LogP contribution in [-0.4, -0.2) is 29.1 Å². The third kappa shape index (κ3) is 1.81. The maximum atomic E-state index is 5.73. The second kappa shape index (κ2) is 3.71. The highest BCUT2D eigenvalue weighted by atomic mass is 35.5. The third-order valence-corrected chi connectivity index (χ3v) is 2.86. The Morgan fingerprint density at radius 2 is 2.14 bits per heavy atom. The Labute approximate surface area is 88.1 Å². The summed E-state index contributed by atoms with van der Waals surface area (Å²) in [5.74, 6) is 0.853. The molecular weight excluding hydrogens is 200 g/mol. The van der Waals surface area contributed by atoms with Crippen molar-refractivity contribution in [1.82, 2.24) is 9.97 Å². The fraction of sp³-hybridized carbons (Fsp3) is 0.556. The fourth-order valence-electron chi connectivity index (χ4n) is 1.62. The predicted molar refractivity (Wildman–Crippen MR) is 56.4 cm³/mol. The predicted octanol–water partition coefficient (Wildman–Crippen LogP) is 1.06. The zero-order valence-electron chi connectivity index (χ0n) is 8.02. The number of nitrogens with zero attached hydrogens (tertiary/aromatic N) is 3. The van der Waals surface area contributed by atoms with E-state index < -0.39 is 0 Å². The number of aromatic nitrogens is 2. The van der Waals surface area contributed by atoms with Crippen molar-refractivity contribution in [3.8, 4) is 0 Å². The van der Waals surface area contributed by atoms with E-state index in [9.17, 15) is 0 Å². The highest BCUT2D eigenvalue weighted by Crippen LogP contribution is 2.26. The summed E-state index contributed by atoms with van der Waals surface area (Å²) in [5, 5.41) is 0.424. The minimum absolute atomic E-state index is 0.350. The van der Waals surface area contributed by atoms with Crippen LogP contribution in [-0.2, 0) is 0 Å². The number of halogens is 1. The zero-order chi connectivity index (χ0) is 10.1. The molecule has 0 atom stereocenters. The van der Waals surface area contributed by atoms with Crippen LogP contribution in [0.1, 0.15) is 12.8 Å². The van der Waals surface area contributed by atoms with Crippen molar-refractivity contribution in [3.05, 3.63) is 17.5 Å². The normalized spacial score (nSPS) is 25.6. The molecule has 2 N–H and O–H groups in total. The van der Waals surface area contributed by atoms with Crippen LogP contribution in [0.3, 0.4) is 0 Å². The molecule has 0 aromatic carbocycles. The van der Waals surface area contributed by atoms with Gasteiger partial charge in [0, 0.05) is 19.1 Å². The minimum Gasteiger partial charge on any atom is -0.355 e. The Morgan fingerprint density at radius 1 is 1.43 bits per heavy atom. The molecular formula is C9H13ClN4. The summed E-state index contributed by atoms with van der Waals surface area (Å²) < 4.78 is 0. The monoisotopic (exact) mass is 212 g/mol. The Hall–Kier alpha value is -0.870. The van der Waals surface area contributed by atoms with E-state index in [4.69, 9.17) is 17.3 Å². The van der Waals surface area contributed by atoms with Crippen LogP contribution in [0.25, 0.3) is 0 Å². The van der Waals surface area contributed by atoms with Gasteiger partial charge in [-0.05, 0) is 12.8 Å². The summed E-state index contributed by atoms with van der Waals surface area (Å²) in [5.41, 5.74) is 5.73. The quantitative estimate of drug-likeness (QED) is 0.797. The van der Waals surface area contributed by atoms with Gasteiger partial charge in [-0.1, -0.05) is 11.6 Å². The van der Waals surface area contributed by atoms with Crippen LogP contribution < -0.4 is 10.6 Å². The third-order valence-electron chi connectivity index (χ3n) is 2.67. The van der Waals surface area contributed by atoms with Crippen LogP contribution in [0.4, 0.5) is 5.82 Å². The van der Waals surface area contributed by atoms with Crippen molar-refractivity contribution in [2.24, 2.45) is 5.73 Å². The summed E-state index contributed by atoms with van der Waals surface area (Å²) in [6.45, 7) is 0. The van der Waals surface area contributed by atoms with Gasteiger partial charge in [0.1, 0.15) is 11.0 Å². The molecule has 1 aliphatic carbocycles. The highest BCUT2D eigenvalue weighted by molar-refractivity contribution is 6.29. The average molecular weight is 213 g/mol. The summed E-state index contributed by atoms with van der Waals surface area (Å²) in [4.78, 5) is 10.3. The zero-order valence-corrected chi connectivity index (χ0v) is 8.78. The standard InChI is InChI=1S/C9H13ClN4/c1-14(7-2-6(11)3-7)9-5-12-8(10)4-13-9/h4-7H,2-3,11H2,1H3. The molecule has 0 saturated heterocycles. The molecule has 0 bridgehead atoms. The van der Waals surface area contributed by atoms with Crippen molar-refractivity contribution < 1.29 is 0 Å². The van der Waals surface area contributed by atoms with E-state index in [-0.39, 0.29) is 0 Å². The van der Waals surface area contributed by atoms with Crippen LogP contribution >= 0.6 is 11.6 Å². The second-order valence-electron chi connectivity index (χ2n) is 3.69. The van der Waals surface area contributed by atoms with Gasteiger partial charge in [0.2, 0.25) is 0 Å². The molecule has 1 heterocycles. The summed E-state index contributed by atoms with van der Waals surface area (Å²) in [6.07, 6.45) is 5.31. The van der Waals surface area contributed by atoms with Gasteiger partial charge in [-0.15, -0.1) is 0 Å². The van der Waals surface area contributed by atoms with Gasteiger partial charge in [0.25, 0.3) is 0 Å². The van der Waals surface area contributed by atoms with Gasteiger partial charge < -0.3 is 10.6 Å². The maximum Gasteiger partial charge on any atom is 0.147 e. The lowest BCUT2D eigenvalue weighted by atomic mass is 9.86. The molecule has 1 aromatic rings. The molecule has 2 rings (SSSR count). The summed E-state index contributed by atoms with van der Waals surface area (Å²) in [7, 11) is 2.01. The van der Waals surface area contributed by atoms with Crippen molar-refractivity contribution >= 4 is 17.4 Å². The minimum atomic E-state index is 0.350. The largest absolute Gasteiger partial charge is 0.355 e. The first-order chi connectivity index (χ1) is 6.66. The second-order valence-corrected chi connectivity index (χ2v) is 4.08. The molecule has 1 aliphatic rings. The molecule has 0 amide bonds. The lowest BCUT2D eigenvalue weighted by Crippen LogP contribution is -2.49. The average Bonchev–Trinajstić information content (AvgIpc) is 2.13. The summed E-state index contributed by atoms with van der Waals surface area (Å²) >= 11 is 5.65. The van der Waals surface area contributed by atoms with E-state index >= 15 is 0 Å². The van der Waals surface area contributed by atoms with E-state index in [1.165, 1.54) is 0 Å². The molecule has 0 spiro atoms. The Balaban J connectivity index is 2.04. The number of nitrogens with two attached hydrogens (primary N) is 1. The molecule has 1 aromatic heterocycles. The van der Waals surface area contributed by atoms with Crippen molar-refractivity contribution in [2.75, 3.05) is 11.9 Å². The fourth-order valence-corrected chi connectivity index (χ4v) is 1.72. The van der Waals surface area contributed by atoms with Gasteiger partial charge in [-0.2, -0.15) is 0 Å². The van der Waals surface area contributed by atoms with E-state index in [2.05, 4.69) is 14.9 Å². The van der Waals surface area contributed by atoms with Gasteiger partial charge in [0.15, 0.2) is 0 Å². The Bertz CT molecular complexity index is 307. The molecule has 76 valence electrons. The molecule has 4 nitrogen and oxygen atoms in total. The van der Waals surface area contributed by atoms with Crippen molar-refractivity contribution in [1.29, 1.82) is 0 Å². The molecule has 1 saturated carbocycles.